The molecule has 24 heavy (non-hydrogen) atoms. The molecule has 0 aliphatic heterocycles. The van der Waals surface area contributed by atoms with Gasteiger partial charge in [0, 0.05) is 12.1 Å². The predicted octanol–water partition coefficient (Wildman–Crippen LogP) is 3.68. The van der Waals surface area contributed by atoms with E-state index in [1.54, 1.807) is 12.3 Å². The number of rotatable bonds is 2. The molecular formula is C18H14F2N4. The van der Waals surface area contributed by atoms with Gasteiger partial charge in [-0.15, -0.1) is 0 Å². The molecule has 2 aromatic heterocycles. The largest absolute Gasteiger partial charge is 0.245 e. The van der Waals surface area contributed by atoms with Crippen molar-refractivity contribution in [3.05, 3.63) is 71.4 Å². The Morgan fingerprint density at radius 1 is 1.04 bits per heavy atom. The lowest BCUT2D eigenvalue weighted by atomic mass is 9.84. The molecule has 0 spiro atoms. The Morgan fingerprint density at radius 2 is 1.88 bits per heavy atom. The number of halogens is 2. The van der Waals surface area contributed by atoms with E-state index in [1.807, 2.05) is 6.07 Å². The zero-order valence-electron chi connectivity index (χ0n) is 12.8. The van der Waals surface area contributed by atoms with Crippen LogP contribution in [0.15, 0.2) is 42.9 Å². The molecule has 1 aromatic carbocycles. The molecule has 0 saturated heterocycles. The lowest BCUT2D eigenvalue weighted by Crippen LogP contribution is -2.16. The van der Waals surface area contributed by atoms with Crippen molar-refractivity contribution in [2.24, 2.45) is 0 Å². The first kappa shape index (κ1) is 14.8. The molecule has 0 amide bonds. The maximum absolute atomic E-state index is 14.0. The van der Waals surface area contributed by atoms with Gasteiger partial charge in [0.05, 0.1) is 22.6 Å². The third-order valence-electron chi connectivity index (χ3n) is 4.36. The fourth-order valence-electron chi connectivity index (χ4n) is 3.23. The summed E-state index contributed by atoms with van der Waals surface area (Å²) in [5.41, 5.74) is 2.80. The number of fused-ring (bicyclic) bond motifs is 1. The van der Waals surface area contributed by atoms with Crippen LogP contribution in [-0.4, -0.2) is 20.2 Å². The van der Waals surface area contributed by atoms with E-state index in [1.165, 1.54) is 24.5 Å². The highest BCUT2D eigenvalue weighted by Gasteiger charge is 2.26. The highest BCUT2D eigenvalue weighted by Crippen LogP contribution is 2.35. The third kappa shape index (κ3) is 2.54. The number of hydrogen-bond acceptors (Lipinski definition) is 4. The minimum absolute atomic E-state index is 0.0452. The Morgan fingerprint density at radius 3 is 2.62 bits per heavy atom. The van der Waals surface area contributed by atoms with Crippen LogP contribution in [-0.2, 0) is 6.42 Å². The second-order valence-electron chi connectivity index (χ2n) is 5.82. The second-order valence-corrected chi connectivity index (χ2v) is 5.82. The van der Waals surface area contributed by atoms with Gasteiger partial charge in [-0.1, -0.05) is 6.07 Å². The Balaban J connectivity index is 1.79. The van der Waals surface area contributed by atoms with Crippen molar-refractivity contribution in [1.82, 2.24) is 20.2 Å². The average Bonchev–Trinajstić information content (AvgIpc) is 2.61. The molecule has 3 aromatic rings. The van der Waals surface area contributed by atoms with Gasteiger partial charge in [0.25, 0.3) is 0 Å². The summed E-state index contributed by atoms with van der Waals surface area (Å²) < 4.78 is 28.0. The van der Waals surface area contributed by atoms with Crippen LogP contribution in [0.4, 0.5) is 8.78 Å². The van der Waals surface area contributed by atoms with Crippen LogP contribution in [0.2, 0.25) is 0 Å². The van der Waals surface area contributed by atoms with Crippen molar-refractivity contribution in [1.29, 1.82) is 0 Å². The summed E-state index contributed by atoms with van der Waals surface area (Å²) >= 11 is 0. The quantitative estimate of drug-likeness (QED) is 0.721. The minimum atomic E-state index is -0.632. The molecule has 1 atom stereocenters. The average molecular weight is 324 g/mol. The van der Waals surface area contributed by atoms with Gasteiger partial charge >= 0.3 is 0 Å². The highest BCUT2D eigenvalue weighted by molar-refractivity contribution is 5.61. The summed E-state index contributed by atoms with van der Waals surface area (Å²) in [5, 5.41) is 8.38. The lowest BCUT2D eigenvalue weighted by molar-refractivity contribution is 0.572. The van der Waals surface area contributed by atoms with Gasteiger partial charge < -0.3 is 0 Å². The van der Waals surface area contributed by atoms with Crippen LogP contribution < -0.4 is 0 Å². The van der Waals surface area contributed by atoms with E-state index in [9.17, 15) is 8.78 Å². The number of aryl methyl sites for hydroxylation is 1. The molecule has 0 fully saturated rings. The fraction of sp³-hybridized carbons (Fsp3) is 0.222. The van der Waals surface area contributed by atoms with Gasteiger partial charge in [0.1, 0.15) is 18.0 Å². The third-order valence-corrected chi connectivity index (χ3v) is 4.36. The van der Waals surface area contributed by atoms with E-state index in [4.69, 9.17) is 0 Å². The minimum Gasteiger partial charge on any atom is -0.245 e. The molecule has 0 radical (unpaired) electrons. The number of hydrogen-bond donors (Lipinski definition) is 0. The smallest absolute Gasteiger partial charge is 0.135 e. The van der Waals surface area contributed by atoms with Crippen molar-refractivity contribution in [3.8, 4) is 11.3 Å². The number of benzene rings is 1. The van der Waals surface area contributed by atoms with Crippen LogP contribution in [0.25, 0.3) is 11.3 Å². The first-order valence-corrected chi connectivity index (χ1v) is 7.81. The maximum Gasteiger partial charge on any atom is 0.135 e. The predicted molar refractivity (Wildman–Crippen MR) is 84.2 cm³/mol. The van der Waals surface area contributed by atoms with Crippen molar-refractivity contribution in [2.45, 2.75) is 25.2 Å². The second kappa shape index (κ2) is 6.03. The van der Waals surface area contributed by atoms with Crippen molar-refractivity contribution in [3.63, 3.8) is 0 Å². The Labute approximate surface area is 137 Å². The summed E-state index contributed by atoms with van der Waals surface area (Å²) in [6.45, 7) is 0. The van der Waals surface area contributed by atoms with E-state index >= 15 is 0 Å². The summed E-state index contributed by atoms with van der Waals surface area (Å²) in [6, 6.07) is 7.40. The lowest BCUT2D eigenvalue weighted by Gasteiger charge is -2.23. The summed E-state index contributed by atoms with van der Waals surface area (Å²) in [7, 11) is 0. The zero-order chi connectivity index (χ0) is 16.5. The molecule has 120 valence electrons. The molecule has 0 saturated carbocycles. The van der Waals surface area contributed by atoms with Crippen LogP contribution in [0.5, 0.6) is 0 Å². The fourth-order valence-corrected chi connectivity index (χ4v) is 3.23. The Hall–Kier alpha value is -2.76. The molecule has 1 aliphatic carbocycles. The first-order chi connectivity index (χ1) is 11.7. The molecule has 1 unspecified atom stereocenters. The van der Waals surface area contributed by atoms with Gasteiger partial charge in [-0.2, -0.15) is 10.2 Å². The van der Waals surface area contributed by atoms with E-state index < -0.39 is 11.6 Å². The Kier molecular flexibility index (Phi) is 3.72. The molecule has 6 heteroatoms. The molecule has 4 nitrogen and oxygen atoms in total. The summed E-state index contributed by atoms with van der Waals surface area (Å²) in [6.07, 6.45) is 5.92. The van der Waals surface area contributed by atoms with Gasteiger partial charge in [0.15, 0.2) is 0 Å². The van der Waals surface area contributed by atoms with Crippen LogP contribution in [0, 0.1) is 11.6 Å². The zero-order valence-corrected chi connectivity index (χ0v) is 12.8. The highest BCUT2D eigenvalue weighted by atomic mass is 19.1. The summed E-state index contributed by atoms with van der Waals surface area (Å²) in [5.74, 6) is -1.22. The van der Waals surface area contributed by atoms with E-state index in [2.05, 4.69) is 20.2 Å². The standard InChI is InChI=1S/C18H14F2N4/c19-13-5-2-6-14(20)17(13)16-9-11-3-1-4-12(18(11)24-23-16)15-7-8-21-10-22-15/h2,5-10,12H,1,3-4H2. The molecule has 2 heterocycles. The van der Waals surface area contributed by atoms with Crippen LogP contribution in [0.3, 0.4) is 0 Å². The topological polar surface area (TPSA) is 51.6 Å². The first-order valence-electron chi connectivity index (χ1n) is 7.81. The molecular weight excluding hydrogens is 310 g/mol. The van der Waals surface area contributed by atoms with E-state index in [0.29, 0.717) is 0 Å². The summed E-state index contributed by atoms with van der Waals surface area (Å²) in [4.78, 5) is 8.25. The SMILES string of the molecule is Fc1cccc(F)c1-c1cc2c(nn1)C(c1ccncn1)CCC2. The molecule has 0 bridgehead atoms. The molecule has 1 aliphatic rings. The number of nitrogens with zero attached hydrogens (tertiary/aromatic N) is 4. The molecule has 0 N–H and O–H groups in total. The normalized spacial score (nSPS) is 16.7. The van der Waals surface area contributed by atoms with E-state index in [0.717, 1.165) is 36.2 Å². The molecule has 4 rings (SSSR count). The number of aromatic nitrogens is 4. The van der Waals surface area contributed by atoms with Crippen LogP contribution >= 0.6 is 0 Å². The van der Waals surface area contributed by atoms with Gasteiger partial charge in [-0.05, 0) is 49.1 Å². The van der Waals surface area contributed by atoms with Crippen LogP contribution in [0.1, 0.15) is 35.7 Å². The van der Waals surface area contributed by atoms with Gasteiger partial charge in [-0.25, -0.2) is 18.7 Å². The monoisotopic (exact) mass is 324 g/mol. The Bertz CT molecular complexity index is 863. The maximum atomic E-state index is 14.0. The van der Waals surface area contributed by atoms with Gasteiger partial charge in [-0.3, -0.25) is 0 Å². The van der Waals surface area contributed by atoms with Gasteiger partial charge in [0.2, 0.25) is 0 Å². The van der Waals surface area contributed by atoms with Crippen molar-refractivity contribution < 1.29 is 8.78 Å². The van der Waals surface area contributed by atoms with Crippen molar-refractivity contribution >= 4 is 0 Å². The van der Waals surface area contributed by atoms with Crippen molar-refractivity contribution in [2.75, 3.05) is 0 Å². The van der Waals surface area contributed by atoms with E-state index in [-0.39, 0.29) is 17.2 Å².